The fourth-order valence-corrected chi connectivity index (χ4v) is 1.22. The number of halogens is 6. The third kappa shape index (κ3) is 2.57. The number of alkyl halides is 3. The zero-order valence-electron chi connectivity index (χ0n) is 7.08. The summed E-state index contributed by atoms with van der Waals surface area (Å²) in [5, 5.41) is -0.557. The second-order valence-electron chi connectivity index (χ2n) is 2.81. The quantitative estimate of drug-likeness (QED) is 0.597. The number of nitrogens with two attached hydrogens (primary N) is 1. The minimum atomic E-state index is -4.76. The van der Waals surface area contributed by atoms with Crippen LogP contribution in [0, 0.1) is 11.6 Å². The number of rotatable bonds is 1. The zero-order chi connectivity index (χ0) is 11.8. The van der Waals surface area contributed by atoms with Crippen LogP contribution in [0.25, 0.3) is 0 Å². The smallest absolute Gasteiger partial charge is 0.316 e. The molecule has 1 aromatic carbocycles. The van der Waals surface area contributed by atoms with Gasteiger partial charge in [-0.25, -0.2) is 8.78 Å². The van der Waals surface area contributed by atoms with E-state index >= 15 is 0 Å². The van der Waals surface area contributed by atoms with Crippen molar-refractivity contribution in [2.24, 2.45) is 5.73 Å². The van der Waals surface area contributed by atoms with Crippen molar-refractivity contribution in [1.29, 1.82) is 0 Å². The molecule has 7 heteroatoms. The average molecular weight is 246 g/mol. The largest absolute Gasteiger partial charge is 0.407 e. The first-order valence-electron chi connectivity index (χ1n) is 3.70. The summed E-state index contributed by atoms with van der Waals surface area (Å²) in [7, 11) is 0. The molecule has 0 amide bonds. The lowest BCUT2D eigenvalue weighted by Crippen LogP contribution is -2.28. The summed E-state index contributed by atoms with van der Waals surface area (Å²) in [4.78, 5) is 0. The van der Waals surface area contributed by atoms with Gasteiger partial charge in [0.05, 0.1) is 0 Å². The molecule has 0 aliphatic carbocycles. The average Bonchev–Trinajstić information content (AvgIpc) is 2.08. The molecular weight excluding hydrogens is 241 g/mol. The Morgan fingerprint density at radius 1 is 1.13 bits per heavy atom. The van der Waals surface area contributed by atoms with Gasteiger partial charge in [-0.2, -0.15) is 13.2 Å². The van der Waals surface area contributed by atoms with Crippen LogP contribution in [-0.4, -0.2) is 6.18 Å². The maximum absolute atomic E-state index is 12.7. The molecule has 15 heavy (non-hydrogen) atoms. The van der Waals surface area contributed by atoms with Crippen LogP contribution in [0.2, 0.25) is 5.02 Å². The molecule has 0 spiro atoms. The highest BCUT2D eigenvalue weighted by molar-refractivity contribution is 6.31. The lowest BCUT2D eigenvalue weighted by atomic mass is 10.1. The summed E-state index contributed by atoms with van der Waals surface area (Å²) >= 11 is 5.32. The van der Waals surface area contributed by atoms with Crippen molar-refractivity contribution >= 4 is 11.6 Å². The van der Waals surface area contributed by atoms with E-state index in [0.29, 0.717) is 12.1 Å². The Morgan fingerprint density at radius 3 is 2.07 bits per heavy atom. The number of benzene rings is 1. The normalized spacial score (nSPS) is 14.1. The summed E-state index contributed by atoms with van der Waals surface area (Å²) in [5.41, 5.74) is 4.10. The molecule has 0 aromatic heterocycles. The molecular formula is C8H5ClF5N. The van der Waals surface area contributed by atoms with E-state index in [2.05, 4.69) is 0 Å². The first-order chi connectivity index (χ1) is 6.73. The van der Waals surface area contributed by atoms with E-state index in [0.717, 1.165) is 0 Å². The van der Waals surface area contributed by atoms with E-state index in [1.54, 1.807) is 0 Å². The maximum atomic E-state index is 12.7. The Hall–Kier alpha value is -0.880. The van der Waals surface area contributed by atoms with Gasteiger partial charge in [0, 0.05) is 5.02 Å². The van der Waals surface area contributed by atoms with Crippen LogP contribution in [0.15, 0.2) is 12.1 Å². The van der Waals surface area contributed by atoms with Gasteiger partial charge in [0.15, 0.2) is 11.6 Å². The molecule has 1 aromatic rings. The second-order valence-corrected chi connectivity index (χ2v) is 3.21. The van der Waals surface area contributed by atoms with Gasteiger partial charge in [0.2, 0.25) is 0 Å². The van der Waals surface area contributed by atoms with Crippen LogP contribution in [-0.2, 0) is 0 Å². The Morgan fingerprint density at radius 2 is 1.60 bits per heavy atom. The van der Waals surface area contributed by atoms with E-state index < -0.39 is 34.4 Å². The minimum absolute atomic E-state index is 0.343. The summed E-state index contributed by atoms with van der Waals surface area (Å²) in [6.45, 7) is 0. The van der Waals surface area contributed by atoms with Gasteiger partial charge in [0.25, 0.3) is 0 Å². The number of hydrogen-bond acceptors (Lipinski definition) is 1. The topological polar surface area (TPSA) is 26.0 Å². The molecule has 1 nitrogen and oxygen atoms in total. The predicted molar refractivity (Wildman–Crippen MR) is 44.4 cm³/mol. The van der Waals surface area contributed by atoms with Crippen LogP contribution in [0.3, 0.4) is 0 Å². The molecule has 1 atom stereocenters. The van der Waals surface area contributed by atoms with Gasteiger partial charge in [-0.05, 0) is 17.7 Å². The monoisotopic (exact) mass is 245 g/mol. The van der Waals surface area contributed by atoms with E-state index in [9.17, 15) is 22.0 Å². The van der Waals surface area contributed by atoms with Crippen LogP contribution in [0.1, 0.15) is 11.6 Å². The molecule has 0 aliphatic rings. The van der Waals surface area contributed by atoms with E-state index in [1.165, 1.54) is 0 Å². The van der Waals surface area contributed by atoms with Crippen LogP contribution >= 0.6 is 11.6 Å². The van der Waals surface area contributed by atoms with Crippen LogP contribution in [0.5, 0.6) is 0 Å². The Bertz CT molecular complexity index is 376. The molecule has 2 N–H and O–H groups in total. The van der Waals surface area contributed by atoms with Crippen molar-refractivity contribution < 1.29 is 22.0 Å². The SMILES string of the molecule is NC(c1cc(F)c(F)cc1Cl)C(F)(F)F. The molecule has 0 saturated carbocycles. The van der Waals surface area contributed by atoms with E-state index in [1.807, 2.05) is 0 Å². The summed E-state index contributed by atoms with van der Waals surface area (Å²) < 4.78 is 61.6. The second kappa shape index (κ2) is 3.94. The lowest BCUT2D eigenvalue weighted by Gasteiger charge is -2.17. The molecule has 0 heterocycles. The zero-order valence-corrected chi connectivity index (χ0v) is 7.83. The third-order valence-corrected chi connectivity index (χ3v) is 2.05. The van der Waals surface area contributed by atoms with Gasteiger partial charge in [-0.1, -0.05) is 11.6 Å². The van der Waals surface area contributed by atoms with Crippen molar-refractivity contribution in [3.63, 3.8) is 0 Å². The molecule has 1 unspecified atom stereocenters. The Balaban J connectivity index is 3.21. The first-order valence-corrected chi connectivity index (χ1v) is 4.08. The standard InChI is InChI=1S/C8H5ClF5N/c9-4-2-6(11)5(10)1-3(4)7(15)8(12,13)14/h1-2,7H,15H2. The molecule has 0 aliphatic heterocycles. The fraction of sp³-hybridized carbons (Fsp3) is 0.250. The highest BCUT2D eigenvalue weighted by Gasteiger charge is 2.39. The lowest BCUT2D eigenvalue weighted by molar-refractivity contribution is -0.149. The van der Waals surface area contributed by atoms with Gasteiger partial charge in [-0.15, -0.1) is 0 Å². The molecule has 84 valence electrons. The van der Waals surface area contributed by atoms with Crippen molar-refractivity contribution in [2.45, 2.75) is 12.2 Å². The minimum Gasteiger partial charge on any atom is -0.316 e. The highest BCUT2D eigenvalue weighted by atomic mass is 35.5. The number of hydrogen-bond donors (Lipinski definition) is 1. The summed E-state index contributed by atoms with van der Waals surface area (Å²) in [6.07, 6.45) is -4.76. The van der Waals surface area contributed by atoms with E-state index in [-0.39, 0.29) is 0 Å². The molecule has 0 saturated heterocycles. The molecule has 0 fully saturated rings. The molecule has 1 rings (SSSR count). The van der Waals surface area contributed by atoms with Crippen molar-refractivity contribution in [1.82, 2.24) is 0 Å². The van der Waals surface area contributed by atoms with Gasteiger partial charge in [0.1, 0.15) is 6.04 Å². The highest BCUT2D eigenvalue weighted by Crippen LogP contribution is 2.34. The Labute approximate surface area is 86.6 Å². The summed E-state index contributed by atoms with van der Waals surface area (Å²) in [6, 6.07) is -1.63. The molecule has 0 radical (unpaired) electrons. The fourth-order valence-electron chi connectivity index (χ4n) is 0.953. The Kier molecular flexibility index (Phi) is 3.20. The van der Waals surface area contributed by atoms with Crippen molar-refractivity contribution in [3.8, 4) is 0 Å². The van der Waals surface area contributed by atoms with Crippen molar-refractivity contribution in [2.75, 3.05) is 0 Å². The predicted octanol–water partition coefficient (Wildman–Crippen LogP) is 3.18. The van der Waals surface area contributed by atoms with Crippen molar-refractivity contribution in [3.05, 3.63) is 34.4 Å². The van der Waals surface area contributed by atoms with Crippen LogP contribution < -0.4 is 5.73 Å². The third-order valence-electron chi connectivity index (χ3n) is 1.73. The van der Waals surface area contributed by atoms with Gasteiger partial charge >= 0.3 is 6.18 Å². The van der Waals surface area contributed by atoms with Gasteiger partial charge in [-0.3, -0.25) is 0 Å². The van der Waals surface area contributed by atoms with Crippen LogP contribution in [0.4, 0.5) is 22.0 Å². The van der Waals surface area contributed by atoms with Gasteiger partial charge < -0.3 is 5.73 Å². The molecule has 0 bridgehead atoms. The first kappa shape index (κ1) is 12.2. The maximum Gasteiger partial charge on any atom is 0.407 e. The van der Waals surface area contributed by atoms with E-state index in [4.69, 9.17) is 17.3 Å². The summed E-state index contributed by atoms with van der Waals surface area (Å²) in [5.74, 6) is -2.74.